The first-order chi connectivity index (χ1) is 11.3. The molecule has 0 bridgehead atoms. The molecule has 0 amide bonds. The summed E-state index contributed by atoms with van der Waals surface area (Å²) in [5.41, 5.74) is 3.01. The fourth-order valence-electron chi connectivity index (χ4n) is 2.96. The summed E-state index contributed by atoms with van der Waals surface area (Å²) in [5, 5.41) is 12.5. The number of hydrogen-bond acceptors (Lipinski definition) is 4. The molecule has 2 aromatic rings. The Balaban J connectivity index is 1.66. The molecule has 2 N–H and O–H groups in total. The van der Waals surface area contributed by atoms with E-state index in [0.29, 0.717) is 19.6 Å². The molecule has 0 fully saturated rings. The molecule has 6 nitrogen and oxygen atoms in total. The van der Waals surface area contributed by atoms with E-state index in [1.807, 2.05) is 29.9 Å². The Labute approximate surface area is 141 Å². The van der Waals surface area contributed by atoms with E-state index in [0.717, 1.165) is 17.0 Å². The van der Waals surface area contributed by atoms with E-state index in [-0.39, 0.29) is 5.41 Å². The Kier molecular flexibility index (Phi) is 4.32. The summed E-state index contributed by atoms with van der Waals surface area (Å²) >= 11 is 0. The van der Waals surface area contributed by atoms with Crippen LogP contribution in [0.15, 0.2) is 30.7 Å². The van der Waals surface area contributed by atoms with Crippen LogP contribution in [-0.2, 0) is 30.2 Å². The van der Waals surface area contributed by atoms with Crippen LogP contribution in [0.2, 0.25) is 0 Å². The van der Waals surface area contributed by atoms with E-state index in [4.69, 9.17) is 4.74 Å². The van der Waals surface area contributed by atoms with Gasteiger partial charge in [-0.3, -0.25) is 10.1 Å². The molecule has 6 heteroatoms. The minimum Gasteiger partial charge on any atom is -0.492 e. The highest BCUT2D eigenvalue weighted by Gasteiger charge is 2.31. The van der Waals surface area contributed by atoms with Crippen molar-refractivity contribution in [1.29, 1.82) is 0 Å². The van der Waals surface area contributed by atoms with Crippen LogP contribution in [0.5, 0.6) is 5.75 Å². The number of aromatic nitrogens is 2. The van der Waals surface area contributed by atoms with Gasteiger partial charge in [-0.15, -0.1) is 0 Å². The van der Waals surface area contributed by atoms with Crippen LogP contribution in [0.4, 0.5) is 0 Å². The van der Waals surface area contributed by atoms with E-state index >= 15 is 0 Å². The molecule has 0 aliphatic carbocycles. The standard InChI is InChI=1S/C18H23N3O3/c1-18(2)10-24-16-6-12(4-5-14(16)18)8-19-15(17(22)23)7-13-9-21(3)11-20-13/h4-6,9,11,15,19H,7-8,10H2,1-3H3,(H,22,23)/t15-/m1/s1. The smallest absolute Gasteiger partial charge is 0.321 e. The second-order valence-electron chi connectivity index (χ2n) is 7.01. The summed E-state index contributed by atoms with van der Waals surface area (Å²) in [7, 11) is 1.87. The average molecular weight is 329 g/mol. The molecule has 2 heterocycles. The van der Waals surface area contributed by atoms with Crippen LogP contribution in [0.3, 0.4) is 0 Å². The van der Waals surface area contributed by atoms with Gasteiger partial charge < -0.3 is 14.4 Å². The number of benzene rings is 1. The Bertz CT molecular complexity index is 752. The number of aliphatic carboxylic acids is 1. The molecular weight excluding hydrogens is 306 g/mol. The van der Waals surface area contributed by atoms with Crippen molar-refractivity contribution in [3.63, 3.8) is 0 Å². The second kappa shape index (κ2) is 6.28. The molecule has 24 heavy (non-hydrogen) atoms. The number of imidazole rings is 1. The monoisotopic (exact) mass is 329 g/mol. The molecule has 1 aromatic carbocycles. The minimum atomic E-state index is -0.876. The second-order valence-corrected chi connectivity index (χ2v) is 7.01. The van der Waals surface area contributed by atoms with Crippen LogP contribution in [0, 0.1) is 0 Å². The molecule has 1 atom stereocenters. The van der Waals surface area contributed by atoms with Gasteiger partial charge in [0.25, 0.3) is 0 Å². The predicted octanol–water partition coefficient (Wildman–Crippen LogP) is 1.88. The van der Waals surface area contributed by atoms with Crippen molar-refractivity contribution in [3.05, 3.63) is 47.5 Å². The van der Waals surface area contributed by atoms with Crippen molar-refractivity contribution in [3.8, 4) is 5.75 Å². The molecule has 0 saturated heterocycles. The highest BCUT2D eigenvalue weighted by atomic mass is 16.5. The van der Waals surface area contributed by atoms with E-state index in [9.17, 15) is 9.90 Å². The minimum absolute atomic E-state index is 0.0316. The molecule has 1 aromatic heterocycles. The number of fused-ring (bicyclic) bond motifs is 1. The van der Waals surface area contributed by atoms with E-state index in [1.165, 1.54) is 5.56 Å². The molecule has 128 valence electrons. The topological polar surface area (TPSA) is 76.4 Å². The highest BCUT2D eigenvalue weighted by molar-refractivity contribution is 5.73. The number of carboxylic acids is 1. The Hall–Kier alpha value is -2.34. The highest BCUT2D eigenvalue weighted by Crippen LogP contribution is 2.38. The lowest BCUT2D eigenvalue weighted by molar-refractivity contribution is -0.139. The van der Waals surface area contributed by atoms with Crippen molar-refractivity contribution in [1.82, 2.24) is 14.9 Å². The van der Waals surface area contributed by atoms with Gasteiger partial charge in [-0.2, -0.15) is 0 Å². The lowest BCUT2D eigenvalue weighted by atomic mass is 9.86. The number of rotatable bonds is 6. The summed E-state index contributed by atoms with van der Waals surface area (Å²) in [6.45, 7) is 5.46. The summed E-state index contributed by atoms with van der Waals surface area (Å²) in [5.74, 6) is 0.0232. The third-order valence-corrected chi connectivity index (χ3v) is 4.39. The molecule has 1 aliphatic rings. The number of hydrogen-bond donors (Lipinski definition) is 2. The fourth-order valence-corrected chi connectivity index (χ4v) is 2.96. The van der Waals surface area contributed by atoms with Crippen molar-refractivity contribution in [2.75, 3.05) is 6.61 Å². The van der Waals surface area contributed by atoms with Crippen LogP contribution >= 0.6 is 0 Å². The lowest BCUT2D eigenvalue weighted by Crippen LogP contribution is -2.38. The normalized spacial score (nSPS) is 16.5. The zero-order valence-electron chi connectivity index (χ0n) is 14.2. The van der Waals surface area contributed by atoms with Crippen molar-refractivity contribution >= 4 is 5.97 Å². The molecule has 0 saturated carbocycles. The number of carboxylic acid groups (broad SMARTS) is 1. The van der Waals surface area contributed by atoms with E-state index in [2.05, 4.69) is 30.2 Å². The maximum absolute atomic E-state index is 11.5. The lowest BCUT2D eigenvalue weighted by Gasteiger charge is -2.16. The third-order valence-electron chi connectivity index (χ3n) is 4.39. The summed E-state index contributed by atoms with van der Waals surface area (Å²) in [4.78, 5) is 15.7. The van der Waals surface area contributed by atoms with E-state index < -0.39 is 12.0 Å². The van der Waals surface area contributed by atoms with Gasteiger partial charge in [0.1, 0.15) is 11.8 Å². The molecule has 0 radical (unpaired) electrons. The molecule has 1 aliphatic heterocycles. The quantitative estimate of drug-likeness (QED) is 0.846. The van der Waals surface area contributed by atoms with Crippen LogP contribution in [-0.4, -0.2) is 33.3 Å². The van der Waals surface area contributed by atoms with Crippen molar-refractivity contribution in [2.24, 2.45) is 7.05 Å². The number of ether oxygens (including phenoxy) is 1. The van der Waals surface area contributed by atoms with E-state index in [1.54, 1.807) is 6.33 Å². The van der Waals surface area contributed by atoms with Crippen LogP contribution < -0.4 is 10.1 Å². The first kappa shape index (κ1) is 16.5. The summed E-state index contributed by atoms with van der Waals surface area (Å²) in [6.07, 6.45) is 3.86. The van der Waals surface area contributed by atoms with Crippen molar-refractivity contribution < 1.29 is 14.6 Å². The Morgan fingerprint density at radius 3 is 2.96 bits per heavy atom. The molecular formula is C18H23N3O3. The van der Waals surface area contributed by atoms with Gasteiger partial charge >= 0.3 is 5.97 Å². The Morgan fingerprint density at radius 2 is 2.29 bits per heavy atom. The third kappa shape index (κ3) is 3.43. The number of nitrogens with one attached hydrogen (secondary N) is 1. The fraction of sp³-hybridized carbons (Fsp3) is 0.444. The molecule has 0 unspecified atom stereocenters. The Morgan fingerprint density at radius 1 is 1.50 bits per heavy atom. The molecule has 3 rings (SSSR count). The summed E-state index contributed by atoms with van der Waals surface area (Å²) in [6, 6.07) is 5.43. The zero-order chi connectivity index (χ0) is 17.3. The van der Waals surface area contributed by atoms with Gasteiger partial charge in [-0.25, -0.2) is 4.98 Å². The van der Waals surface area contributed by atoms with Crippen LogP contribution in [0.1, 0.15) is 30.7 Å². The number of nitrogens with zero attached hydrogens (tertiary/aromatic N) is 2. The van der Waals surface area contributed by atoms with Gasteiger partial charge in [0.15, 0.2) is 0 Å². The number of carbonyl (C=O) groups is 1. The summed E-state index contributed by atoms with van der Waals surface area (Å²) < 4.78 is 7.56. The largest absolute Gasteiger partial charge is 0.492 e. The maximum Gasteiger partial charge on any atom is 0.321 e. The van der Waals surface area contributed by atoms with Gasteiger partial charge in [0.2, 0.25) is 0 Å². The van der Waals surface area contributed by atoms with Gasteiger partial charge in [-0.05, 0) is 11.6 Å². The van der Waals surface area contributed by atoms with Crippen molar-refractivity contribution in [2.45, 2.75) is 38.3 Å². The SMILES string of the molecule is Cn1cnc(C[C@@H](NCc2ccc3c(c2)OCC3(C)C)C(=O)O)c1. The van der Waals surface area contributed by atoms with Gasteiger partial charge in [0.05, 0.1) is 18.6 Å². The van der Waals surface area contributed by atoms with Gasteiger partial charge in [-0.1, -0.05) is 26.0 Å². The first-order valence-corrected chi connectivity index (χ1v) is 8.04. The zero-order valence-corrected chi connectivity index (χ0v) is 14.2. The van der Waals surface area contributed by atoms with Gasteiger partial charge in [0, 0.05) is 37.2 Å². The molecule has 0 spiro atoms. The number of aryl methyl sites for hydroxylation is 1. The predicted molar refractivity (Wildman–Crippen MR) is 90.1 cm³/mol. The maximum atomic E-state index is 11.5. The van der Waals surface area contributed by atoms with Crippen LogP contribution in [0.25, 0.3) is 0 Å². The average Bonchev–Trinajstić information content (AvgIpc) is 3.06. The first-order valence-electron chi connectivity index (χ1n) is 8.04.